The van der Waals surface area contributed by atoms with Crippen molar-refractivity contribution in [2.45, 2.75) is 6.42 Å². The van der Waals surface area contributed by atoms with Gasteiger partial charge in [0.15, 0.2) is 5.58 Å². The maximum Gasteiger partial charge on any atom is 0.322 e. The number of nitrogens with one attached hydrogen (secondary N) is 1. The molecule has 1 amide bonds. The molecule has 0 bridgehead atoms. The molecule has 0 spiro atoms. The Balaban J connectivity index is 1.48. The van der Waals surface area contributed by atoms with Gasteiger partial charge in [-0.15, -0.1) is 5.10 Å². The van der Waals surface area contributed by atoms with Crippen LogP contribution in [0.4, 0.5) is 6.01 Å². The molecule has 0 saturated heterocycles. The van der Waals surface area contributed by atoms with Crippen molar-refractivity contribution in [1.82, 2.24) is 15.2 Å². The van der Waals surface area contributed by atoms with E-state index in [1.165, 1.54) is 0 Å². The zero-order chi connectivity index (χ0) is 16.4. The van der Waals surface area contributed by atoms with Gasteiger partial charge in [-0.25, -0.2) is 4.98 Å². The molecule has 2 aromatic carbocycles. The zero-order valence-corrected chi connectivity index (χ0v) is 12.5. The third-order valence-electron chi connectivity index (χ3n) is 3.37. The summed E-state index contributed by atoms with van der Waals surface area (Å²) in [6, 6.07) is 16.9. The van der Waals surface area contributed by atoms with E-state index in [1.54, 1.807) is 12.1 Å². The van der Waals surface area contributed by atoms with Crippen LogP contribution in [0.25, 0.3) is 11.1 Å². The molecule has 0 saturated carbocycles. The number of para-hydroxylation sites is 2. The van der Waals surface area contributed by atoms with Gasteiger partial charge in [0.05, 0.1) is 6.42 Å². The van der Waals surface area contributed by atoms with Crippen molar-refractivity contribution >= 4 is 23.0 Å². The highest BCUT2D eigenvalue weighted by Gasteiger charge is 2.17. The molecule has 118 valence electrons. The molecular formula is C17H12N4O3. The molecular weight excluding hydrogens is 308 g/mol. The molecule has 4 rings (SSSR count). The third-order valence-corrected chi connectivity index (χ3v) is 3.37. The molecule has 0 unspecified atom stereocenters. The quantitative estimate of drug-likeness (QED) is 0.621. The van der Waals surface area contributed by atoms with E-state index in [0.29, 0.717) is 23.4 Å². The van der Waals surface area contributed by atoms with Gasteiger partial charge in [0, 0.05) is 0 Å². The first-order valence-corrected chi connectivity index (χ1v) is 7.31. The van der Waals surface area contributed by atoms with Crippen molar-refractivity contribution in [3.05, 3.63) is 71.9 Å². The van der Waals surface area contributed by atoms with Gasteiger partial charge in [0.1, 0.15) is 5.52 Å². The van der Waals surface area contributed by atoms with E-state index in [9.17, 15) is 4.79 Å². The van der Waals surface area contributed by atoms with Gasteiger partial charge in [0.2, 0.25) is 5.89 Å². The lowest BCUT2D eigenvalue weighted by molar-refractivity contribution is 0.0989. The van der Waals surface area contributed by atoms with Gasteiger partial charge >= 0.3 is 11.9 Å². The predicted octanol–water partition coefficient (Wildman–Crippen LogP) is 3.05. The SMILES string of the molecule is O=C(Nc1nnc(Cc2ccccc2)o1)c1nc2ccccc2o1. The Morgan fingerprint density at radius 1 is 0.958 bits per heavy atom. The summed E-state index contributed by atoms with van der Waals surface area (Å²) >= 11 is 0. The molecule has 7 heteroatoms. The van der Waals surface area contributed by atoms with Gasteiger partial charge in [0.25, 0.3) is 5.89 Å². The Kier molecular flexibility index (Phi) is 3.51. The van der Waals surface area contributed by atoms with Crippen molar-refractivity contribution in [3.63, 3.8) is 0 Å². The number of benzene rings is 2. The van der Waals surface area contributed by atoms with Crippen molar-refractivity contribution in [2.24, 2.45) is 0 Å². The minimum absolute atomic E-state index is 0.00758. The van der Waals surface area contributed by atoms with E-state index in [4.69, 9.17) is 8.83 Å². The molecule has 7 nitrogen and oxygen atoms in total. The maximum absolute atomic E-state index is 12.2. The minimum atomic E-state index is -0.541. The van der Waals surface area contributed by atoms with Crippen molar-refractivity contribution < 1.29 is 13.6 Å². The smallest absolute Gasteiger partial charge is 0.322 e. The number of rotatable bonds is 4. The van der Waals surface area contributed by atoms with Gasteiger partial charge in [-0.05, 0) is 17.7 Å². The number of hydrogen-bond acceptors (Lipinski definition) is 6. The topological polar surface area (TPSA) is 94.1 Å². The van der Waals surface area contributed by atoms with E-state index in [-0.39, 0.29) is 11.9 Å². The fourth-order valence-electron chi connectivity index (χ4n) is 2.27. The zero-order valence-electron chi connectivity index (χ0n) is 12.5. The number of oxazole rings is 1. The fourth-order valence-corrected chi connectivity index (χ4v) is 2.27. The number of hydrogen-bond donors (Lipinski definition) is 1. The highest BCUT2D eigenvalue weighted by atomic mass is 16.4. The second-order valence-corrected chi connectivity index (χ2v) is 5.10. The minimum Gasteiger partial charge on any atom is -0.432 e. The number of aromatic nitrogens is 3. The summed E-state index contributed by atoms with van der Waals surface area (Å²) in [6.07, 6.45) is 0.493. The van der Waals surface area contributed by atoms with Gasteiger partial charge < -0.3 is 8.83 Å². The molecule has 0 aliphatic carbocycles. The largest absolute Gasteiger partial charge is 0.432 e. The molecule has 0 atom stereocenters. The first kappa shape index (κ1) is 14.1. The number of amides is 1. The van der Waals surface area contributed by atoms with Crippen LogP contribution in [0.2, 0.25) is 0 Å². The van der Waals surface area contributed by atoms with Gasteiger partial charge in [-0.3, -0.25) is 10.1 Å². The second kappa shape index (κ2) is 5.96. The Bertz CT molecular complexity index is 958. The van der Waals surface area contributed by atoms with E-state index < -0.39 is 5.91 Å². The van der Waals surface area contributed by atoms with Crippen LogP contribution in [0, 0.1) is 0 Å². The number of anilines is 1. The average Bonchev–Trinajstić information content (AvgIpc) is 3.22. The van der Waals surface area contributed by atoms with E-state index in [2.05, 4.69) is 20.5 Å². The Hall–Kier alpha value is -3.48. The number of nitrogens with zero attached hydrogens (tertiary/aromatic N) is 3. The van der Waals surface area contributed by atoms with E-state index in [1.807, 2.05) is 42.5 Å². The van der Waals surface area contributed by atoms with Crippen LogP contribution < -0.4 is 5.32 Å². The summed E-state index contributed by atoms with van der Waals surface area (Å²) in [5.74, 6) is -0.186. The predicted molar refractivity (Wildman–Crippen MR) is 85.5 cm³/mol. The highest BCUT2D eigenvalue weighted by molar-refractivity contribution is 6.00. The van der Waals surface area contributed by atoms with Crippen LogP contribution in [0.15, 0.2) is 63.4 Å². The lowest BCUT2D eigenvalue weighted by Gasteiger charge is -1.96. The molecule has 4 aromatic rings. The van der Waals surface area contributed by atoms with Crippen LogP contribution in [0.3, 0.4) is 0 Å². The van der Waals surface area contributed by atoms with Crippen LogP contribution in [-0.2, 0) is 6.42 Å². The molecule has 24 heavy (non-hydrogen) atoms. The van der Waals surface area contributed by atoms with Crippen molar-refractivity contribution in [2.75, 3.05) is 5.32 Å². The molecule has 2 heterocycles. The lowest BCUT2D eigenvalue weighted by atomic mass is 10.2. The first-order valence-electron chi connectivity index (χ1n) is 7.31. The Morgan fingerprint density at radius 3 is 2.58 bits per heavy atom. The second-order valence-electron chi connectivity index (χ2n) is 5.10. The summed E-state index contributed by atoms with van der Waals surface area (Å²) in [5, 5.41) is 10.2. The molecule has 0 aliphatic rings. The molecule has 0 radical (unpaired) electrons. The van der Waals surface area contributed by atoms with Crippen LogP contribution >= 0.6 is 0 Å². The van der Waals surface area contributed by atoms with Crippen LogP contribution in [0.1, 0.15) is 22.1 Å². The molecule has 0 aliphatic heterocycles. The average molecular weight is 320 g/mol. The molecule has 1 N–H and O–H groups in total. The maximum atomic E-state index is 12.2. The highest BCUT2D eigenvalue weighted by Crippen LogP contribution is 2.16. The van der Waals surface area contributed by atoms with E-state index >= 15 is 0 Å². The number of carbonyl (C=O) groups excluding carboxylic acids is 1. The summed E-state index contributed by atoms with van der Waals surface area (Å²) in [5.41, 5.74) is 2.19. The summed E-state index contributed by atoms with van der Waals surface area (Å²) in [4.78, 5) is 16.3. The summed E-state index contributed by atoms with van der Waals surface area (Å²) in [6.45, 7) is 0. The monoisotopic (exact) mass is 320 g/mol. The van der Waals surface area contributed by atoms with E-state index in [0.717, 1.165) is 5.56 Å². The standard InChI is InChI=1S/C17H12N4O3/c22-15(16-18-12-8-4-5-9-13(12)23-16)19-17-21-20-14(24-17)10-11-6-2-1-3-7-11/h1-9H,10H2,(H,19,21,22). The lowest BCUT2D eigenvalue weighted by Crippen LogP contribution is -2.12. The van der Waals surface area contributed by atoms with Gasteiger partial charge in [-0.1, -0.05) is 47.6 Å². The fraction of sp³-hybridized carbons (Fsp3) is 0.0588. The Morgan fingerprint density at radius 2 is 1.75 bits per heavy atom. The van der Waals surface area contributed by atoms with Crippen molar-refractivity contribution in [3.8, 4) is 0 Å². The normalized spacial score (nSPS) is 10.8. The summed E-state index contributed by atoms with van der Waals surface area (Å²) in [7, 11) is 0. The Labute approximate surface area is 136 Å². The molecule has 2 aromatic heterocycles. The first-order chi connectivity index (χ1) is 11.8. The van der Waals surface area contributed by atoms with Crippen molar-refractivity contribution in [1.29, 1.82) is 0 Å². The van der Waals surface area contributed by atoms with Crippen LogP contribution in [-0.4, -0.2) is 21.1 Å². The van der Waals surface area contributed by atoms with Crippen LogP contribution in [0.5, 0.6) is 0 Å². The number of carbonyl (C=O) groups is 1. The third kappa shape index (κ3) is 2.87. The molecule has 0 fully saturated rings. The number of fused-ring (bicyclic) bond motifs is 1. The van der Waals surface area contributed by atoms with Gasteiger partial charge in [-0.2, -0.15) is 0 Å². The summed E-state index contributed by atoms with van der Waals surface area (Å²) < 4.78 is 10.8.